The predicted octanol–water partition coefficient (Wildman–Crippen LogP) is 3.74. The Morgan fingerprint density at radius 1 is 1.30 bits per heavy atom. The van der Waals surface area contributed by atoms with Crippen molar-refractivity contribution in [2.75, 3.05) is 13.2 Å². The number of benzene rings is 1. The lowest BCUT2D eigenvalue weighted by molar-refractivity contribution is 0.197. The second-order valence-corrected chi connectivity index (χ2v) is 6.89. The third-order valence-corrected chi connectivity index (χ3v) is 5.42. The van der Waals surface area contributed by atoms with Gasteiger partial charge in [0.15, 0.2) is 0 Å². The highest BCUT2D eigenvalue weighted by Crippen LogP contribution is 2.43. The highest BCUT2D eigenvalue weighted by Gasteiger charge is 2.32. The SMILES string of the molecule is CC(C)C1CCC(CN)C(c2ccc3c(c2)CCO3)C1. The first-order valence-corrected chi connectivity index (χ1v) is 8.14. The maximum atomic E-state index is 6.04. The van der Waals surface area contributed by atoms with Crippen molar-refractivity contribution in [2.45, 2.75) is 45.4 Å². The average Bonchev–Trinajstić information content (AvgIpc) is 2.93. The van der Waals surface area contributed by atoms with Gasteiger partial charge < -0.3 is 10.5 Å². The van der Waals surface area contributed by atoms with E-state index in [1.165, 1.54) is 30.4 Å². The van der Waals surface area contributed by atoms with Gasteiger partial charge in [0, 0.05) is 6.42 Å². The summed E-state index contributed by atoms with van der Waals surface area (Å²) in [4.78, 5) is 0. The van der Waals surface area contributed by atoms with E-state index in [9.17, 15) is 0 Å². The summed E-state index contributed by atoms with van der Waals surface area (Å²) in [6.07, 6.45) is 5.01. The first-order chi connectivity index (χ1) is 9.69. The third kappa shape index (κ3) is 2.58. The Morgan fingerprint density at radius 3 is 2.90 bits per heavy atom. The summed E-state index contributed by atoms with van der Waals surface area (Å²) in [5.74, 6) is 4.04. The molecule has 1 aliphatic carbocycles. The van der Waals surface area contributed by atoms with E-state index in [4.69, 9.17) is 10.5 Å². The van der Waals surface area contributed by atoms with Gasteiger partial charge in [0.25, 0.3) is 0 Å². The van der Waals surface area contributed by atoms with Crippen molar-refractivity contribution in [2.24, 2.45) is 23.5 Å². The van der Waals surface area contributed by atoms with E-state index >= 15 is 0 Å². The van der Waals surface area contributed by atoms with Crippen LogP contribution in [-0.4, -0.2) is 13.2 Å². The molecule has 1 aliphatic heterocycles. The van der Waals surface area contributed by atoms with Crippen LogP contribution in [-0.2, 0) is 6.42 Å². The molecule has 20 heavy (non-hydrogen) atoms. The zero-order valence-corrected chi connectivity index (χ0v) is 12.8. The number of nitrogens with two attached hydrogens (primary N) is 1. The van der Waals surface area contributed by atoms with Gasteiger partial charge in [0.05, 0.1) is 6.61 Å². The van der Waals surface area contributed by atoms with Crippen molar-refractivity contribution in [3.63, 3.8) is 0 Å². The van der Waals surface area contributed by atoms with Crippen LogP contribution in [0.4, 0.5) is 0 Å². The van der Waals surface area contributed by atoms with Gasteiger partial charge in [-0.3, -0.25) is 0 Å². The smallest absolute Gasteiger partial charge is 0.122 e. The van der Waals surface area contributed by atoms with Crippen molar-refractivity contribution in [1.29, 1.82) is 0 Å². The molecule has 1 saturated carbocycles. The molecule has 1 heterocycles. The molecule has 0 aromatic heterocycles. The molecule has 1 aromatic carbocycles. The largest absolute Gasteiger partial charge is 0.493 e. The maximum Gasteiger partial charge on any atom is 0.122 e. The molecule has 110 valence electrons. The van der Waals surface area contributed by atoms with Gasteiger partial charge in [-0.15, -0.1) is 0 Å². The molecule has 0 bridgehead atoms. The van der Waals surface area contributed by atoms with Crippen molar-refractivity contribution in [3.05, 3.63) is 29.3 Å². The van der Waals surface area contributed by atoms with E-state index in [0.717, 1.165) is 37.2 Å². The monoisotopic (exact) mass is 273 g/mol. The summed E-state index contributed by atoms with van der Waals surface area (Å²) in [7, 11) is 0. The van der Waals surface area contributed by atoms with Crippen LogP contribution >= 0.6 is 0 Å². The summed E-state index contributed by atoms with van der Waals surface area (Å²) in [6.45, 7) is 6.39. The molecule has 2 heteroatoms. The van der Waals surface area contributed by atoms with Gasteiger partial charge in [-0.2, -0.15) is 0 Å². The van der Waals surface area contributed by atoms with Crippen LogP contribution in [0.15, 0.2) is 18.2 Å². The first kappa shape index (κ1) is 13.9. The lowest BCUT2D eigenvalue weighted by atomic mass is 9.68. The topological polar surface area (TPSA) is 35.2 Å². The number of hydrogen-bond donors (Lipinski definition) is 1. The molecule has 0 amide bonds. The van der Waals surface area contributed by atoms with Crippen LogP contribution in [0.1, 0.15) is 50.2 Å². The van der Waals surface area contributed by atoms with E-state index in [0.29, 0.717) is 11.8 Å². The lowest BCUT2D eigenvalue weighted by Gasteiger charge is -2.38. The van der Waals surface area contributed by atoms with E-state index in [2.05, 4.69) is 32.0 Å². The second kappa shape index (κ2) is 5.77. The molecule has 3 rings (SSSR count). The summed E-state index contributed by atoms with van der Waals surface area (Å²) >= 11 is 0. The lowest BCUT2D eigenvalue weighted by Crippen LogP contribution is -2.30. The Hall–Kier alpha value is -1.02. The van der Waals surface area contributed by atoms with Crippen molar-refractivity contribution in [1.82, 2.24) is 0 Å². The van der Waals surface area contributed by atoms with Crippen LogP contribution in [0.25, 0.3) is 0 Å². The highest BCUT2D eigenvalue weighted by molar-refractivity contribution is 5.41. The van der Waals surface area contributed by atoms with Crippen LogP contribution in [0.3, 0.4) is 0 Å². The average molecular weight is 273 g/mol. The fraction of sp³-hybridized carbons (Fsp3) is 0.667. The number of ether oxygens (including phenoxy) is 1. The molecule has 3 atom stereocenters. The van der Waals surface area contributed by atoms with E-state index < -0.39 is 0 Å². The molecule has 1 fully saturated rings. The maximum absolute atomic E-state index is 6.04. The van der Waals surface area contributed by atoms with E-state index in [1.807, 2.05) is 0 Å². The first-order valence-electron chi connectivity index (χ1n) is 8.14. The molecule has 0 saturated heterocycles. The van der Waals surface area contributed by atoms with E-state index in [-0.39, 0.29) is 0 Å². The van der Waals surface area contributed by atoms with Crippen LogP contribution in [0, 0.1) is 17.8 Å². The van der Waals surface area contributed by atoms with Crippen molar-refractivity contribution < 1.29 is 4.74 Å². The molecular formula is C18H27NO. The van der Waals surface area contributed by atoms with Crippen LogP contribution in [0.5, 0.6) is 5.75 Å². The molecule has 2 N–H and O–H groups in total. The zero-order valence-electron chi connectivity index (χ0n) is 12.8. The third-order valence-electron chi connectivity index (χ3n) is 5.42. The Labute approximate surface area is 122 Å². The summed E-state index contributed by atoms with van der Waals surface area (Å²) in [6, 6.07) is 6.84. The number of rotatable bonds is 3. The van der Waals surface area contributed by atoms with Crippen LogP contribution in [0.2, 0.25) is 0 Å². The van der Waals surface area contributed by atoms with Gasteiger partial charge in [0.1, 0.15) is 5.75 Å². The minimum absolute atomic E-state index is 0.645. The predicted molar refractivity (Wildman–Crippen MR) is 83.1 cm³/mol. The zero-order chi connectivity index (χ0) is 14.1. The van der Waals surface area contributed by atoms with Crippen molar-refractivity contribution >= 4 is 0 Å². The van der Waals surface area contributed by atoms with Crippen molar-refractivity contribution in [3.8, 4) is 5.75 Å². The summed E-state index contributed by atoms with van der Waals surface area (Å²) in [5.41, 5.74) is 8.93. The number of hydrogen-bond acceptors (Lipinski definition) is 2. The van der Waals surface area contributed by atoms with E-state index in [1.54, 1.807) is 0 Å². The molecular weight excluding hydrogens is 246 g/mol. The van der Waals surface area contributed by atoms with Gasteiger partial charge in [0.2, 0.25) is 0 Å². The Morgan fingerprint density at radius 2 is 2.15 bits per heavy atom. The molecule has 1 aromatic rings. The standard InChI is InChI=1S/C18H27NO/c1-12(2)13-3-4-16(11-19)17(10-13)14-5-6-18-15(9-14)7-8-20-18/h5-6,9,12-13,16-17H,3-4,7-8,10-11,19H2,1-2H3. The minimum atomic E-state index is 0.645. The van der Waals surface area contributed by atoms with Gasteiger partial charge in [-0.1, -0.05) is 26.0 Å². The Kier molecular flexibility index (Phi) is 4.02. The van der Waals surface area contributed by atoms with Gasteiger partial charge in [-0.05, 0) is 66.7 Å². The molecule has 0 radical (unpaired) electrons. The molecule has 2 aliphatic rings. The fourth-order valence-electron chi connectivity index (χ4n) is 4.00. The second-order valence-electron chi connectivity index (χ2n) is 6.89. The fourth-order valence-corrected chi connectivity index (χ4v) is 4.00. The Bertz CT molecular complexity index is 468. The Balaban J connectivity index is 1.85. The molecule has 2 nitrogen and oxygen atoms in total. The van der Waals surface area contributed by atoms with Crippen LogP contribution < -0.4 is 10.5 Å². The summed E-state index contributed by atoms with van der Waals surface area (Å²) < 4.78 is 5.63. The normalized spacial score (nSPS) is 29.3. The highest BCUT2D eigenvalue weighted by atomic mass is 16.5. The minimum Gasteiger partial charge on any atom is -0.493 e. The molecule has 3 unspecified atom stereocenters. The number of fused-ring (bicyclic) bond motifs is 1. The summed E-state index contributed by atoms with van der Waals surface area (Å²) in [5, 5.41) is 0. The van der Waals surface area contributed by atoms with Gasteiger partial charge >= 0.3 is 0 Å². The molecule has 0 spiro atoms. The quantitative estimate of drug-likeness (QED) is 0.910. The van der Waals surface area contributed by atoms with Gasteiger partial charge in [-0.25, -0.2) is 0 Å².